The summed E-state index contributed by atoms with van der Waals surface area (Å²) in [7, 11) is 0. The summed E-state index contributed by atoms with van der Waals surface area (Å²) in [5.41, 5.74) is 1.17. The fraction of sp³-hybridized carbons (Fsp3) is 0.111. The van der Waals surface area contributed by atoms with Crippen molar-refractivity contribution in [3.8, 4) is 5.75 Å². The fourth-order valence-corrected chi connectivity index (χ4v) is 1.06. The van der Waals surface area contributed by atoms with Crippen molar-refractivity contribution in [1.82, 2.24) is 0 Å². The van der Waals surface area contributed by atoms with Gasteiger partial charge >= 0.3 is 19.8 Å². The smallest absolute Gasteiger partial charge is 0 e. The van der Waals surface area contributed by atoms with E-state index in [4.69, 9.17) is 4.74 Å². The summed E-state index contributed by atoms with van der Waals surface area (Å²) in [5, 5.41) is 0. The van der Waals surface area contributed by atoms with E-state index in [2.05, 4.69) is 6.08 Å². The van der Waals surface area contributed by atoms with Crippen LogP contribution in [0.5, 0.6) is 5.75 Å². The molecule has 1 nitrogen and oxygen atoms in total. The van der Waals surface area contributed by atoms with E-state index in [-0.39, 0.29) is 115 Å². The third kappa shape index (κ3) is 12.1. The third-order valence-corrected chi connectivity index (χ3v) is 1.55. The van der Waals surface area contributed by atoms with Crippen LogP contribution in [0.3, 0.4) is 0 Å². The molecule has 1 aliphatic rings. The number of ether oxygens (including phenoxy) is 1. The Balaban J connectivity index is -0.0000000432. The van der Waals surface area contributed by atoms with Gasteiger partial charge in [-0.05, 0) is 12.1 Å². The van der Waals surface area contributed by atoms with Crippen LogP contribution >= 0.6 is 19.8 Å². The van der Waals surface area contributed by atoms with Gasteiger partial charge in [0.2, 0.25) is 0 Å². The average Bonchev–Trinajstić information content (AvgIpc) is 2.05. The van der Waals surface area contributed by atoms with Crippen molar-refractivity contribution in [1.29, 1.82) is 0 Å². The number of benzene rings is 1. The average molecular weight is 583 g/mol. The summed E-state index contributed by atoms with van der Waals surface area (Å²) in [6, 6.07) is 8.03. The van der Waals surface area contributed by atoms with Crippen LogP contribution in [0.25, 0.3) is 6.08 Å². The Morgan fingerprint density at radius 2 is 1.47 bits per heavy atom. The quantitative estimate of drug-likeness (QED) is 0.328. The monoisotopic (exact) mass is 586 g/mol. The molecule has 0 saturated carbocycles. The molecule has 0 N–H and O–H groups in total. The van der Waals surface area contributed by atoms with Gasteiger partial charge in [-0.3, -0.25) is 0 Å². The summed E-state index contributed by atoms with van der Waals surface area (Å²) in [4.78, 5) is 0. The number of para-hydroxylation sites is 1. The molecule has 17 heavy (non-hydrogen) atoms. The molecule has 0 aromatic heterocycles. The second-order valence-electron chi connectivity index (χ2n) is 2.25. The zero-order valence-corrected chi connectivity index (χ0v) is 17.4. The van der Waals surface area contributed by atoms with Crippen LogP contribution in [0.1, 0.15) is 5.56 Å². The van der Waals surface area contributed by atoms with Gasteiger partial charge in [-0.15, -0.1) is 0 Å². The van der Waals surface area contributed by atoms with Gasteiger partial charge in [-0.1, -0.05) is 24.3 Å². The summed E-state index contributed by atoms with van der Waals surface area (Å²) in [6.07, 6.45) is 4.10. The van der Waals surface area contributed by atoms with E-state index in [0.717, 1.165) is 5.75 Å². The minimum atomic E-state index is 0. The van der Waals surface area contributed by atoms with Crippen LogP contribution in [0.4, 0.5) is 0 Å². The molecule has 0 fully saturated rings. The molecule has 102 valence electrons. The van der Waals surface area contributed by atoms with Crippen LogP contribution in [0.15, 0.2) is 30.3 Å². The number of rotatable bonds is 0. The molecule has 1 aromatic rings. The summed E-state index contributed by atoms with van der Waals surface area (Å²) in [5.74, 6) is 0.991. The number of hydrogen-bond acceptors (Lipinski definition) is 1. The predicted octanol–water partition coefficient (Wildman–Crippen LogP) is 1.01. The molecule has 1 aromatic carbocycles. The first-order valence-electron chi connectivity index (χ1n) is 3.35. The Labute approximate surface area is 172 Å². The predicted molar refractivity (Wildman–Crippen MR) is 73.1 cm³/mol. The van der Waals surface area contributed by atoms with Gasteiger partial charge in [0.15, 0.2) is 0 Å². The van der Waals surface area contributed by atoms with Crippen molar-refractivity contribution >= 4 is 45.7 Å². The fourth-order valence-electron chi connectivity index (χ4n) is 1.06. The second-order valence-corrected chi connectivity index (χ2v) is 2.25. The van der Waals surface area contributed by atoms with Crippen molar-refractivity contribution in [3.05, 3.63) is 35.9 Å². The van der Waals surface area contributed by atoms with Crippen LogP contribution < -0.4 is 4.74 Å². The first kappa shape index (κ1) is 36.7. The van der Waals surface area contributed by atoms with E-state index in [1.54, 1.807) is 0 Å². The molecule has 0 saturated heterocycles. The topological polar surface area (TPSA) is 9.23 Å². The summed E-state index contributed by atoms with van der Waals surface area (Å²) in [6.45, 7) is 0.705. The molecular formula is C9H17Co2GaMo2OP2. The standard InChI is InChI=1S/C9H8O.2Co.Ga.2Mo.2H3P.3H/c1-2-6-9-8(4-1)5-3-7-10-9;;;;;;;;;;/h1-6H,7H2;;;;;;2*1H3;;;. The molecule has 2 atom stereocenters. The van der Waals surface area contributed by atoms with Crippen LogP contribution in [-0.2, 0) is 75.7 Å². The molecular weight excluding hydrogens is 566 g/mol. The van der Waals surface area contributed by atoms with Gasteiger partial charge in [0.1, 0.15) is 12.4 Å². The maximum Gasteiger partial charge on any atom is 0 e. The van der Waals surface area contributed by atoms with Crippen LogP contribution in [0.2, 0.25) is 0 Å². The van der Waals surface area contributed by atoms with E-state index in [0.29, 0.717) is 6.61 Å². The zero-order chi connectivity index (χ0) is 6.81. The van der Waals surface area contributed by atoms with Crippen LogP contribution in [0, 0.1) is 0 Å². The molecule has 8 heteroatoms. The first-order chi connectivity index (χ1) is 4.97. The van der Waals surface area contributed by atoms with E-state index in [1.807, 2.05) is 30.3 Å². The van der Waals surface area contributed by atoms with Gasteiger partial charge < -0.3 is 4.74 Å². The SMILES string of the molecule is C1=Cc2ccccc2OC1.P.P.[Co].[Co].[GaH3].[Mo].[Mo]. The van der Waals surface area contributed by atoms with Crippen molar-refractivity contribution in [2.75, 3.05) is 6.61 Å². The molecule has 0 amide bonds. The number of fused-ring (bicyclic) bond motifs is 1. The van der Waals surface area contributed by atoms with Crippen LogP contribution in [-0.4, -0.2) is 26.4 Å². The largest absolute Gasteiger partial charge is 0 e. The normalized spacial score (nSPS) is 8.24. The maximum atomic E-state index is 5.34. The molecule has 0 aliphatic carbocycles. The Kier molecular flexibility index (Phi) is 45.2. The van der Waals surface area contributed by atoms with Crippen molar-refractivity contribution in [3.63, 3.8) is 0 Å². The first-order valence-corrected chi connectivity index (χ1v) is 3.35. The van der Waals surface area contributed by atoms with E-state index in [1.165, 1.54) is 5.56 Å². The van der Waals surface area contributed by atoms with E-state index in [9.17, 15) is 0 Å². The summed E-state index contributed by atoms with van der Waals surface area (Å²) >= 11 is 0. The molecule has 1 aliphatic heterocycles. The van der Waals surface area contributed by atoms with E-state index >= 15 is 0 Å². The Morgan fingerprint density at radius 3 is 2.00 bits per heavy atom. The van der Waals surface area contributed by atoms with Gasteiger partial charge in [0.05, 0.1) is 0 Å². The summed E-state index contributed by atoms with van der Waals surface area (Å²) < 4.78 is 5.34. The molecule has 2 radical (unpaired) electrons. The van der Waals surface area contributed by atoms with Crippen molar-refractivity contribution < 1.29 is 80.4 Å². The molecule has 2 rings (SSSR count). The Bertz CT molecular complexity index is 293. The minimum absolute atomic E-state index is 0. The molecule has 0 spiro atoms. The third-order valence-electron chi connectivity index (χ3n) is 1.55. The number of hydrogen-bond donors (Lipinski definition) is 0. The van der Waals surface area contributed by atoms with Gasteiger partial charge in [0, 0.05) is 81.3 Å². The maximum absolute atomic E-state index is 5.34. The van der Waals surface area contributed by atoms with Gasteiger partial charge in [-0.2, -0.15) is 19.8 Å². The second kappa shape index (κ2) is 21.0. The van der Waals surface area contributed by atoms with Gasteiger partial charge in [0.25, 0.3) is 0 Å². The molecule has 2 unspecified atom stereocenters. The van der Waals surface area contributed by atoms with Crippen molar-refractivity contribution in [2.24, 2.45) is 0 Å². The van der Waals surface area contributed by atoms with E-state index < -0.39 is 0 Å². The molecule has 0 bridgehead atoms. The molecule has 1 heterocycles. The Hall–Kier alpha value is 2.65. The Morgan fingerprint density at radius 1 is 0.941 bits per heavy atom. The van der Waals surface area contributed by atoms with Gasteiger partial charge in [-0.25, -0.2) is 0 Å². The minimum Gasteiger partial charge on any atom is 0 e. The zero-order valence-electron chi connectivity index (χ0n) is 8.48. The van der Waals surface area contributed by atoms with Crippen molar-refractivity contribution in [2.45, 2.75) is 0 Å².